The van der Waals surface area contributed by atoms with Gasteiger partial charge in [0.05, 0.1) is 6.04 Å². The Morgan fingerprint density at radius 2 is 1.89 bits per heavy atom. The maximum Gasteiger partial charge on any atom is 0.418 e. The summed E-state index contributed by atoms with van der Waals surface area (Å²) in [6.45, 7) is 0.361. The van der Waals surface area contributed by atoms with Gasteiger partial charge in [0.25, 0.3) is 16.1 Å². The summed E-state index contributed by atoms with van der Waals surface area (Å²) in [5, 5.41) is 0.543. The van der Waals surface area contributed by atoms with E-state index >= 15 is 0 Å². The lowest BCUT2D eigenvalue weighted by molar-refractivity contribution is -0.143. The van der Waals surface area contributed by atoms with Gasteiger partial charge < -0.3 is 4.90 Å². The van der Waals surface area contributed by atoms with Crippen molar-refractivity contribution in [2.75, 3.05) is 26.7 Å². The molecule has 3 heterocycles. The molecule has 3 aliphatic rings. The standard InChI is InChI=1S/C12H21N5O9S2/c1-13-27(20,21)15-5-4-9(7-15)25-14-11(18)10-3-2-8-6-16(10)12(19)17(8)26-28(22,23)24/h8-10,13H,2-7H2,1H3,(H,14,18)(H,22,23,24)/t8-,9?,10+/m1/s1. The molecule has 14 nitrogen and oxygen atoms in total. The van der Waals surface area contributed by atoms with Gasteiger partial charge in [0.15, 0.2) is 0 Å². The van der Waals surface area contributed by atoms with Gasteiger partial charge in [-0.3, -0.25) is 14.2 Å². The minimum absolute atomic E-state index is 0.0596. The van der Waals surface area contributed by atoms with Gasteiger partial charge in [0, 0.05) is 26.7 Å². The number of hydrogen-bond donors (Lipinski definition) is 3. The molecule has 2 bridgehead atoms. The third-order valence-electron chi connectivity index (χ3n) is 4.83. The molecule has 3 aliphatic heterocycles. The van der Waals surface area contributed by atoms with Crippen molar-refractivity contribution in [3.63, 3.8) is 0 Å². The van der Waals surface area contributed by atoms with Gasteiger partial charge in [0.2, 0.25) is 0 Å². The molecule has 0 spiro atoms. The van der Waals surface area contributed by atoms with Crippen LogP contribution in [-0.2, 0) is 34.5 Å². The molecule has 3 amide bonds. The molecule has 3 fully saturated rings. The molecular weight excluding hydrogens is 422 g/mol. The number of hydroxylamine groups is 3. The highest BCUT2D eigenvalue weighted by atomic mass is 32.3. The van der Waals surface area contributed by atoms with Crippen molar-refractivity contribution in [2.24, 2.45) is 0 Å². The number of nitrogens with one attached hydrogen (secondary N) is 2. The quantitative estimate of drug-likeness (QED) is 0.285. The minimum atomic E-state index is -4.86. The number of amides is 3. The Hall–Kier alpha value is -1.56. The van der Waals surface area contributed by atoms with Crippen molar-refractivity contribution in [3.8, 4) is 0 Å². The van der Waals surface area contributed by atoms with Crippen LogP contribution in [0.5, 0.6) is 0 Å². The highest BCUT2D eigenvalue weighted by molar-refractivity contribution is 7.87. The van der Waals surface area contributed by atoms with E-state index < -0.39 is 50.7 Å². The smallest absolute Gasteiger partial charge is 0.309 e. The monoisotopic (exact) mass is 443 g/mol. The third-order valence-corrected chi connectivity index (χ3v) is 6.71. The molecular formula is C12H21N5O9S2. The lowest BCUT2D eigenvalue weighted by atomic mass is 10.0. The number of nitrogens with zero attached hydrogens (tertiary/aromatic N) is 3. The summed E-state index contributed by atoms with van der Waals surface area (Å²) in [5.74, 6) is -0.615. The highest BCUT2D eigenvalue weighted by Gasteiger charge is 2.49. The molecule has 3 atom stereocenters. The molecule has 3 N–H and O–H groups in total. The molecule has 0 aliphatic carbocycles. The van der Waals surface area contributed by atoms with E-state index in [4.69, 9.17) is 9.39 Å². The Morgan fingerprint density at radius 1 is 1.18 bits per heavy atom. The van der Waals surface area contributed by atoms with E-state index in [1.165, 1.54) is 11.4 Å². The maximum atomic E-state index is 12.4. The average molecular weight is 443 g/mol. The number of piperidine rings is 1. The molecule has 0 saturated carbocycles. The van der Waals surface area contributed by atoms with Crippen LogP contribution in [0.1, 0.15) is 19.3 Å². The number of carbonyl (C=O) groups is 2. The van der Waals surface area contributed by atoms with Crippen LogP contribution >= 0.6 is 0 Å². The van der Waals surface area contributed by atoms with Crippen molar-refractivity contribution in [1.82, 2.24) is 24.5 Å². The van der Waals surface area contributed by atoms with Crippen LogP contribution in [0.15, 0.2) is 0 Å². The van der Waals surface area contributed by atoms with E-state index in [0.29, 0.717) is 11.5 Å². The van der Waals surface area contributed by atoms with E-state index in [0.717, 1.165) is 4.90 Å². The van der Waals surface area contributed by atoms with Gasteiger partial charge in [-0.05, 0) is 19.3 Å². The SMILES string of the molecule is CNS(=O)(=O)N1CCC(ONC(=O)[C@@H]2CC[C@@H]3CN2C(=O)N3OS(=O)(=O)O)C1. The fraction of sp³-hybridized carbons (Fsp3) is 0.833. The molecule has 3 saturated heterocycles. The van der Waals surface area contributed by atoms with Crippen LogP contribution in [0.3, 0.4) is 0 Å². The van der Waals surface area contributed by atoms with Gasteiger partial charge in [-0.1, -0.05) is 0 Å². The maximum absolute atomic E-state index is 12.4. The molecule has 0 aromatic heterocycles. The van der Waals surface area contributed by atoms with Crippen LogP contribution in [0.4, 0.5) is 4.79 Å². The number of fused-ring (bicyclic) bond motifs is 2. The van der Waals surface area contributed by atoms with Gasteiger partial charge in [-0.25, -0.2) is 15.0 Å². The van der Waals surface area contributed by atoms with E-state index in [9.17, 15) is 26.4 Å². The van der Waals surface area contributed by atoms with Crippen LogP contribution in [0.25, 0.3) is 0 Å². The van der Waals surface area contributed by atoms with Crippen LogP contribution in [0, 0.1) is 0 Å². The predicted molar refractivity (Wildman–Crippen MR) is 90.6 cm³/mol. The first-order chi connectivity index (χ1) is 13.0. The van der Waals surface area contributed by atoms with Crippen LogP contribution in [-0.4, -0.2) is 92.5 Å². The van der Waals surface area contributed by atoms with Crippen LogP contribution in [0.2, 0.25) is 0 Å². The van der Waals surface area contributed by atoms with Crippen molar-refractivity contribution in [2.45, 2.75) is 37.5 Å². The van der Waals surface area contributed by atoms with E-state index in [1.54, 1.807) is 0 Å². The largest absolute Gasteiger partial charge is 0.418 e. The van der Waals surface area contributed by atoms with Crippen molar-refractivity contribution < 1.29 is 40.1 Å². The molecule has 16 heteroatoms. The molecule has 160 valence electrons. The predicted octanol–water partition coefficient (Wildman–Crippen LogP) is -2.42. The fourth-order valence-corrected chi connectivity index (χ4v) is 4.81. The van der Waals surface area contributed by atoms with Crippen molar-refractivity contribution >= 4 is 32.5 Å². The summed E-state index contributed by atoms with van der Waals surface area (Å²) >= 11 is 0. The molecule has 0 aromatic rings. The summed E-state index contributed by atoms with van der Waals surface area (Å²) in [6.07, 6.45) is 0.360. The van der Waals surface area contributed by atoms with Crippen LogP contribution < -0.4 is 10.2 Å². The van der Waals surface area contributed by atoms with E-state index in [2.05, 4.69) is 14.5 Å². The third kappa shape index (κ3) is 4.37. The first-order valence-corrected chi connectivity index (χ1v) is 11.2. The number of carbonyl (C=O) groups excluding carboxylic acids is 2. The molecule has 3 rings (SSSR count). The summed E-state index contributed by atoms with van der Waals surface area (Å²) in [5.41, 5.74) is 2.25. The topological polar surface area (TPSA) is 175 Å². The average Bonchev–Trinajstić information content (AvgIpc) is 3.19. The lowest BCUT2D eigenvalue weighted by Gasteiger charge is -2.29. The Labute approximate surface area is 161 Å². The van der Waals surface area contributed by atoms with Gasteiger partial charge in [-0.2, -0.15) is 26.2 Å². The second kappa shape index (κ2) is 7.69. The van der Waals surface area contributed by atoms with E-state index in [1.807, 2.05) is 0 Å². The molecule has 0 aromatic carbocycles. The minimum Gasteiger partial charge on any atom is -0.309 e. The molecule has 28 heavy (non-hydrogen) atoms. The first kappa shape index (κ1) is 21.2. The normalized spacial score (nSPS) is 28.8. The molecule has 1 unspecified atom stereocenters. The fourth-order valence-electron chi connectivity index (χ4n) is 3.45. The summed E-state index contributed by atoms with van der Waals surface area (Å²) in [7, 11) is -7.14. The van der Waals surface area contributed by atoms with E-state index in [-0.39, 0.29) is 32.5 Å². The number of rotatable bonds is 7. The zero-order chi connectivity index (χ0) is 20.7. The van der Waals surface area contributed by atoms with Crippen molar-refractivity contribution in [3.05, 3.63) is 0 Å². The summed E-state index contributed by atoms with van der Waals surface area (Å²) < 4.78 is 61.7. The lowest BCUT2D eigenvalue weighted by Crippen LogP contribution is -2.50. The molecule has 0 radical (unpaired) electrons. The summed E-state index contributed by atoms with van der Waals surface area (Å²) in [6, 6.07) is -2.36. The van der Waals surface area contributed by atoms with Gasteiger partial charge in [-0.15, -0.1) is 4.28 Å². The first-order valence-electron chi connectivity index (χ1n) is 8.43. The second-order valence-corrected chi connectivity index (χ2v) is 9.45. The summed E-state index contributed by atoms with van der Waals surface area (Å²) in [4.78, 5) is 31.1. The Morgan fingerprint density at radius 3 is 2.54 bits per heavy atom. The van der Waals surface area contributed by atoms with Crippen molar-refractivity contribution in [1.29, 1.82) is 0 Å². The Balaban J connectivity index is 1.54. The zero-order valence-electron chi connectivity index (χ0n) is 14.8. The van der Waals surface area contributed by atoms with Gasteiger partial charge >= 0.3 is 16.4 Å². The van der Waals surface area contributed by atoms with Gasteiger partial charge in [0.1, 0.15) is 12.1 Å². The Kier molecular flexibility index (Phi) is 5.81. The second-order valence-electron chi connectivity index (χ2n) is 6.57. The number of urea groups is 1. The zero-order valence-corrected chi connectivity index (χ0v) is 16.5. The Bertz CT molecular complexity index is 848. The number of hydrogen-bond acceptors (Lipinski definition) is 8. The highest BCUT2D eigenvalue weighted by Crippen LogP contribution is 2.30.